The second-order valence-corrected chi connectivity index (χ2v) is 5.07. The molecule has 2 aromatic rings. The van der Waals surface area contributed by atoms with Gasteiger partial charge in [0, 0.05) is 17.5 Å². The average molecular weight is 259 g/mol. The van der Waals surface area contributed by atoms with Crippen LogP contribution in [0.3, 0.4) is 0 Å². The smallest absolute Gasteiger partial charge is 0.336 e. The molecule has 100 valence electrons. The molecule has 0 spiro atoms. The summed E-state index contributed by atoms with van der Waals surface area (Å²) in [5, 5.41) is 10.1. The van der Waals surface area contributed by atoms with Crippen LogP contribution in [0.15, 0.2) is 23.0 Å². The monoisotopic (exact) mass is 259 g/mol. The molecule has 19 heavy (non-hydrogen) atoms. The quantitative estimate of drug-likeness (QED) is 0.902. The van der Waals surface area contributed by atoms with Crippen molar-refractivity contribution < 1.29 is 9.90 Å². The molecule has 0 saturated heterocycles. The fourth-order valence-electron chi connectivity index (χ4n) is 2.60. The minimum Gasteiger partial charge on any atom is -0.478 e. The lowest BCUT2D eigenvalue weighted by Crippen LogP contribution is -2.21. The zero-order chi connectivity index (χ0) is 14.3. The number of rotatable bonds is 2. The number of aromatic nitrogens is 1. The molecular formula is C15H17NO3. The Balaban J connectivity index is 3.00. The molecule has 4 heteroatoms. The van der Waals surface area contributed by atoms with Gasteiger partial charge in [0.05, 0.1) is 11.1 Å². The van der Waals surface area contributed by atoms with E-state index < -0.39 is 5.97 Å². The van der Waals surface area contributed by atoms with Crippen LogP contribution in [0.25, 0.3) is 10.9 Å². The van der Waals surface area contributed by atoms with Crippen LogP contribution in [0.2, 0.25) is 0 Å². The molecule has 0 aliphatic carbocycles. The number of aryl methyl sites for hydroxylation is 2. The number of benzene rings is 1. The van der Waals surface area contributed by atoms with Crippen molar-refractivity contribution >= 4 is 16.9 Å². The standard InChI is InChI=1S/C15H17NO3/c1-8(2)16-12-7-9(3)14(15(18)19)10(4)11(12)5-6-13(16)17/h5-8H,1-4H3,(H,18,19). The van der Waals surface area contributed by atoms with Crippen LogP contribution in [-0.2, 0) is 0 Å². The van der Waals surface area contributed by atoms with E-state index in [-0.39, 0.29) is 11.6 Å². The van der Waals surface area contributed by atoms with Crippen molar-refractivity contribution in [2.45, 2.75) is 33.7 Å². The van der Waals surface area contributed by atoms with Gasteiger partial charge in [0.1, 0.15) is 0 Å². The van der Waals surface area contributed by atoms with Crippen molar-refractivity contribution in [3.8, 4) is 0 Å². The lowest BCUT2D eigenvalue weighted by atomic mass is 9.97. The van der Waals surface area contributed by atoms with Crippen molar-refractivity contribution in [3.63, 3.8) is 0 Å². The molecule has 0 saturated carbocycles. The van der Waals surface area contributed by atoms with Gasteiger partial charge in [0.15, 0.2) is 0 Å². The van der Waals surface area contributed by atoms with Crippen molar-refractivity contribution in [2.24, 2.45) is 0 Å². The first-order valence-electron chi connectivity index (χ1n) is 6.23. The summed E-state index contributed by atoms with van der Waals surface area (Å²) < 4.78 is 1.70. The summed E-state index contributed by atoms with van der Waals surface area (Å²) in [6.45, 7) is 7.43. The first kappa shape index (κ1) is 13.3. The Morgan fingerprint density at radius 1 is 1.26 bits per heavy atom. The highest BCUT2D eigenvalue weighted by molar-refractivity contribution is 5.98. The number of carboxylic acid groups (broad SMARTS) is 1. The molecule has 1 aromatic carbocycles. The fourth-order valence-corrected chi connectivity index (χ4v) is 2.60. The van der Waals surface area contributed by atoms with Gasteiger partial charge in [-0.05, 0) is 51.0 Å². The van der Waals surface area contributed by atoms with Gasteiger partial charge in [-0.25, -0.2) is 4.79 Å². The Morgan fingerprint density at radius 3 is 2.42 bits per heavy atom. The summed E-state index contributed by atoms with van der Waals surface area (Å²) >= 11 is 0. The topological polar surface area (TPSA) is 59.3 Å². The van der Waals surface area contributed by atoms with Crippen molar-refractivity contribution in [2.75, 3.05) is 0 Å². The molecule has 0 atom stereocenters. The van der Waals surface area contributed by atoms with Crippen LogP contribution < -0.4 is 5.56 Å². The number of hydrogen-bond donors (Lipinski definition) is 1. The second-order valence-electron chi connectivity index (χ2n) is 5.07. The van der Waals surface area contributed by atoms with Gasteiger partial charge in [-0.2, -0.15) is 0 Å². The highest BCUT2D eigenvalue weighted by atomic mass is 16.4. The van der Waals surface area contributed by atoms with E-state index in [1.54, 1.807) is 30.5 Å². The molecule has 1 heterocycles. The molecule has 0 fully saturated rings. The minimum atomic E-state index is -0.931. The normalized spacial score (nSPS) is 11.2. The largest absolute Gasteiger partial charge is 0.478 e. The number of hydrogen-bond acceptors (Lipinski definition) is 2. The molecule has 0 radical (unpaired) electrons. The zero-order valence-corrected chi connectivity index (χ0v) is 11.5. The third-order valence-corrected chi connectivity index (χ3v) is 3.42. The Bertz CT molecular complexity index is 726. The summed E-state index contributed by atoms with van der Waals surface area (Å²) in [7, 11) is 0. The van der Waals surface area contributed by atoms with Crippen LogP contribution in [-0.4, -0.2) is 15.6 Å². The second kappa shape index (κ2) is 4.53. The number of aromatic carboxylic acids is 1. The highest BCUT2D eigenvalue weighted by Gasteiger charge is 2.16. The van der Waals surface area contributed by atoms with Gasteiger partial charge in [-0.1, -0.05) is 0 Å². The third-order valence-electron chi connectivity index (χ3n) is 3.42. The lowest BCUT2D eigenvalue weighted by Gasteiger charge is -2.17. The molecule has 0 amide bonds. The third kappa shape index (κ3) is 2.03. The van der Waals surface area contributed by atoms with Crippen molar-refractivity contribution in [3.05, 3.63) is 45.2 Å². The summed E-state index contributed by atoms with van der Waals surface area (Å²) in [4.78, 5) is 23.3. The van der Waals surface area contributed by atoms with Crippen LogP contribution in [0.4, 0.5) is 0 Å². The molecule has 0 aliphatic rings. The molecule has 1 N–H and O–H groups in total. The number of fused-ring (bicyclic) bond motifs is 1. The van der Waals surface area contributed by atoms with E-state index in [0.717, 1.165) is 10.9 Å². The van der Waals surface area contributed by atoms with E-state index in [2.05, 4.69) is 0 Å². The highest BCUT2D eigenvalue weighted by Crippen LogP contribution is 2.25. The Kier molecular flexibility index (Phi) is 3.18. The molecule has 0 aliphatic heterocycles. The van der Waals surface area contributed by atoms with Crippen LogP contribution >= 0.6 is 0 Å². The summed E-state index contributed by atoms with van der Waals surface area (Å²) in [6, 6.07) is 5.02. The van der Waals surface area contributed by atoms with E-state index in [0.29, 0.717) is 16.7 Å². The number of nitrogens with zero attached hydrogens (tertiary/aromatic N) is 1. The van der Waals surface area contributed by atoms with E-state index in [1.807, 2.05) is 13.8 Å². The van der Waals surface area contributed by atoms with Crippen LogP contribution in [0.5, 0.6) is 0 Å². The Morgan fingerprint density at radius 2 is 1.89 bits per heavy atom. The lowest BCUT2D eigenvalue weighted by molar-refractivity contribution is 0.0695. The zero-order valence-electron chi connectivity index (χ0n) is 11.5. The maximum atomic E-state index is 12.0. The molecule has 4 nitrogen and oxygen atoms in total. The SMILES string of the molecule is Cc1cc2c(ccc(=O)n2C(C)C)c(C)c1C(=O)O. The first-order valence-corrected chi connectivity index (χ1v) is 6.23. The van der Waals surface area contributed by atoms with Gasteiger partial charge in [-0.15, -0.1) is 0 Å². The summed E-state index contributed by atoms with van der Waals surface area (Å²) in [5.74, 6) is -0.931. The Hall–Kier alpha value is -2.10. The number of carboxylic acids is 1. The molecule has 0 bridgehead atoms. The maximum Gasteiger partial charge on any atom is 0.336 e. The van der Waals surface area contributed by atoms with Crippen LogP contribution in [0, 0.1) is 13.8 Å². The predicted octanol–water partition coefficient (Wildman–Crippen LogP) is 2.90. The van der Waals surface area contributed by atoms with E-state index in [9.17, 15) is 14.7 Å². The van der Waals surface area contributed by atoms with Gasteiger partial charge in [0.2, 0.25) is 0 Å². The number of carbonyl (C=O) groups is 1. The predicted molar refractivity (Wildman–Crippen MR) is 75.0 cm³/mol. The van der Waals surface area contributed by atoms with E-state index in [4.69, 9.17) is 0 Å². The van der Waals surface area contributed by atoms with Gasteiger partial charge < -0.3 is 9.67 Å². The summed E-state index contributed by atoms with van der Waals surface area (Å²) in [6.07, 6.45) is 0. The fraction of sp³-hybridized carbons (Fsp3) is 0.333. The first-order chi connectivity index (χ1) is 8.84. The average Bonchev–Trinajstić information content (AvgIpc) is 2.26. The minimum absolute atomic E-state index is 0.0330. The molecule has 2 rings (SSSR count). The maximum absolute atomic E-state index is 12.0. The summed E-state index contributed by atoms with van der Waals surface area (Å²) in [5.41, 5.74) is 2.43. The molecule has 0 unspecified atom stereocenters. The van der Waals surface area contributed by atoms with E-state index in [1.165, 1.54) is 6.07 Å². The van der Waals surface area contributed by atoms with Crippen molar-refractivity contribution in [1.82, 2.24) is 4.57 Å². The van der Waals surface area contributed by atoms with Crippen molar-refractivity contribution in [1.29, 1.82) is 0 Å². The van der Waals surface area contributed by atoms with E-state index >= 15 is 0 Å². The van der Waals surface area contributed by atoms with Gasteiger partial charge >= 0.3 is 5.97 Å². The molecular weight excluding hydrogens is 242 g/mol. The van der Waals surface area contributed by atoms with Gasteiger partial charge in [-0.3, -0.25) is 4.79 Å². The Labute approximate surface area is 111 Å². The number of pyridine rings is 1. The van der Waals surface area contributed by atoms with Crippen LogP contribution in [0.1, 0.15) is 41.4 Å². The molecule has 1 aromatic heterocycles. The van der Waals surface area contributed by atoms with Gasteiger partial charge in [0.25, 0.3) is 5.56 Å².